The molecule has 0 bridgehead atoms. The molecule has 3 aromatic rings. The molecule has 1 fully saturated rings. The molecule has 0 unspecified atom stereocenters. The molecule has 0 radical (unpaired) electrons. The molecular weight excluding hydrogens is 462 g/mol. The van der Waals surface area contributed by atoms with Crippen molar-refractivity contribution in [3.8, 4) is 5.75 Å². The number of hydrogen-bond acceptors (Lipinski definition) is 5. The lowest BCUT2D eigenvalue weighted by molar-refractivity contribution is -0.385. The largest absolute Gasteiger partial charge is 0.506 e. The number of halogens is 1. The van der Waals surface area contributed by atoms with E-state index in [-0.39, 0.29) is 33.3 Å². The predicted molar refractivity (Wildman–Crippen MR) is 120 cm³/mol. The van der Waals surface area contributed by atoms with Crippen LogP contribution >= 0.6 is 15.9 Å². The molecule has 1 saturated carbocycles. The van der Waals surface area contributed by atoms with Gasteiger partial charge in [0.25, 0.3) is 5.69 Å². The fourth-order valence-electron chi connectivity index (χ4n) is 3.91. The molecule has 0 aliphatic heterocycles. The van der Waals surface area contributed by atoms with Crippen molar-refractivity contribution in [2.45, 2.75) is 11.8 Å². The van der Waals surface area contributed by atoms with Crippen LogP contribution in [-0.4, -0.2) is 22.2 Å². The van der Waals surface area contributed by atoms with Gasteiger partial charge in [-0.1, -0.05) is 60.7 Å². The van der Waals surface area contributed by atoms with Crippen molar-refractivity contribution in [1.82, 2.24) is 5.43 Å². The van der Waals surface area contributed by atoms with Crippen molar-refractivity contribution in [3.05, 3.63) is 104 Å². The SMILES string of the molecule is O=C(NN=Cc1cc([N+](=O)[O-])cc(Br)c1O)[C@@H]1CC1(c1ccccc1)c1ccccc1. The number of aromatic hydroxyl groups is 1. The molecule has 1 aliphatic rings. The van der Waals surface area contributed by atoms with E-state index >= 15 is 0 Å². The fourth-order valence-corrected chi connectivity index (χ4v) is 4.37. The van der Waals surface area contributed by atoms with E-state index in [0.717, 1.165) is 11.1 Å². The minimum atomic E-state index is -0.571. The van der Waals surface area contributed by atoms with Gasteiger partial charge in [-0.2, -0.15) is 5.10 Å². The molecule has 1 aliphatic carbocycles. The van der Waals surface area contributed by atoms with Crippen LogP contribution < -0.4 is 5.43 Å². The maximum absolute atomic E-state index is 12.9. The van der Waals surface area contributed by atoms with E-state index in [2.05, 4.69) is 26.5 Å². The molecule has 1 atom stereocenters. The molecule has 2 N–H and O–H groups in total. The molecule has 1 amide bonds. The molecule has 0 spiro atoms. The number of carbonyl (C=O) groups excluding carboxylic acids is 1. The quantitative estimate of drug-likeness (QED) is 0.308. The third kappa shape index (κ3) is 3.94. The Morgan fingerprint density at radius 1 is 1.13 bits per heavy atom. The van der Waals surface area contributed by atoms with Gasteiger partial charge in [-0.05, 0) is 33.5 Å². The molecule has 3 aromatic carbocycles. The molecule has 0 saturated heterocycles. The van der Waals surface area contributed by atoms with E-state index < -0.39 is 10.3 Å². The monoisotopic (exact) mass is 479 g/mol. The summed E-state index contributed by atoms with van der Waals surface area (Å²) < 4.78 is 0.170. The van der Waals surface area contributed by atoms with E-state index in [9.17, 15) is 20.0 Å². The summed E-state index contributed by atoms with van der Waals surface area (Å²) in [5.74, 6) is -0.759. The van der Waals surface area contributed by atoms with Crippen molar-refractivity contribution in [2.75, 3.05) is 0 Å². The van der Waals surface area contributed by atoms with E-state index in [4.69, 9.17) is 0 Å². The minimum Gasteiger partial charge on any atom is -0.506 e. The van der Waals surface area contributed by atoms with Gasteiger partial charge in [-0.15, -0.1) is 0 Å². The molecule has 4 rings (SSSR count). The number of carbonyl (C=O) groups is 1. The first-order chi connectivity index (χ1) is 14.9. The van der Waals surface area contributed by atoms with Crippen LogP contribution in [0.25, 0.3) is 0 Å². The van der Waals surface area contributed by atoms with Gasteiger partial charge < -0.3 is 5.11 Å². The maximum atomic E-state index is 12.9. The van der Waals surface area contributed by atoms with E-state index in [1.807, 2.05) is 60.7 Å². The summed E-state index contributed by atoms with van der Waals surface area (Å²) in [6.07, 6.45) is 1.84. The zero-order valence-corrected chi connectivity index (χ0v) is 17.8. The number of nitro groups is 1. The molecule has 156 valence electrons. The lowest BCUT2D eigenvalue weighted by Crippen LogP contribution is -2.25. The topological polar surface area (TPSA) is 105 Å². The van der Waals surface area contributed by atoms with Gasteiger partial charge in [0.15, 0.2) is 0 Å². The third-order valence-corrected chi connectivity index (χ3v) is 6.13. The predicted octanol–water partition coefficient (Wildman–Crippen LogP) is 4.52. The number of benzene rings is 3. The summed E-state index contributed by atoms with van der Waals surface area (Å²) in [5.41, 5.74) is 4.14. The first kappa shape index (κ1) is 20.7. The molecule has 8 heteroatoms. The number of hydrazone groups is 1. The molecule has 31 heavy (non-hydrogen) atoms. The Bertz CT molecular complexity index is 1130. The molecule has 0 heterocycles. The van der Waals surface area contributed by atoms with Gasteiger partial charge in [0.1, 0.15) is 5.75 Å². The van der Waals surface area contributed by atoms with Crippen LogP contribution in [-0.2, 0) is 10.2 Å². The molecular formula is C23H18BrN3O4. The van der Waals surface area contributed by atoms with Gasteiger partial charge in [-0.25, -0.2) is 5.43 Å². The first-order valence-corrected chi connectivity index (χ1v) is 10.3. The van der Waals surface area contributed by atoms with Crippen LogP contribution in [0.1, 0.15) is 23.1 Å². The Kier molecular flexibility index (Phi) is 5.56. The summed E-state index contributed by atoms with van der Waals surface area (Å²) in [5, 5.41) is 25.1. The van der Waals surface area contributed by atoms with Gasteiger partial charge >= 0.3 is 0 Å². The highest BCUT2D eigenvalue weighted by atomic mass is 79.9. The van der Waals surface area contributed by atoms with Crippen LogP contribution in [0, 0.1) is 16.0 Å². The van der Waals surface area contributed by atoms with Crippen molar-refractivity contribution < 1.29 is 14.8 Å². The van der Waals surface area contributed by atoms with Gasteiger partial charge in [0.2, 0.25) is 5.91 Å². The van der Waals surface area contributed by atoms with Crippen LogP contribution in [0.5, 0.6) is 5.75 Å². The van der Waals surface area contributed by atoms with Crippen molar-refractivity contribution >= 4 is 33.7 Å². The number of nitrogens with zero attached hydrogens (tertiary/aromatic N) is 2. The lowest BCUT2D eigenvalue weighted by atomic mass is 9.85. The number of amides is 1. The van der Waals surface area contributed by atoms with Crippen LogP contribution in [0.2, 0.25) is 0 Å². The number of nitrogens with one attached hydrogen (secondary N) is 1. The lowest BCUT2D eigenvalue weighted by Gasteiger charge is -2.18. The van der Waals surface area contributed by atoms with Crippen LogP contribution in [0.4, 0.5) is 5.69 Å². The number of rotatable bonds is 6. The maximum Gasteiger partial charge on any atom is 0.271 e. The van der Waals surface area contributed by atoms with Crippen molar-refractivity contribution in [2.24, 2.45) is 11.0 Å². The molecule has 7 nitrogen and oxygen atoms in total. The molecule has 0 aromatic heterocycles. The second-order valence-corrected chi connectivity index (χ2v) is 8.17. The number of hydrogen-bond donors (Lipinski definition) is 2. The van der Waals surface area contributed by atoms with Gasteiger partial charge in [0, 0.05) is 23.1 Å². The number of non-ortho nitro benzene ring substituents is 1. The highest BCUT2D eigenvalue weighted by Gasteiger charge is 2.60. The van der Waals surface area contributed by atoms with E-state index in [1.54, 1.807) is 0 Å². The van der Waals surface area contributed by atoms with Crippen LogP contribution in [0.15, 0.2) is 82.4 Å². The average Bonchev–Trinajstić information content (AvgIpc) is 3.55. The Morgan fingerprint density at radius 2 is 1.71 bits per heavy atom. The number of phenols is 1. The Hall–Kier alpha value is -3.52. The summed E-state index contributed by atoms with van der Waals surface area (Å²) in [7, 11) is 0. The number of phenolic OH excluding ortho intramolecular Hbond substituents is 1. The fraction of sp³-hybridized carbons (Fsp3) is 0.130. The summed E-state index contributed by atoms with van der Waals surface area (Å²) >= 11 is 3.08. The highest BCUT2D eigenvalue weighted by molar-refractivity contribution is 9.10. The first-order valence-electron chi connectivity index (χ1n) is 9.54. The van der Waals surface area contributed by atoms with E-state index in [0.29, 0.717) is 6.42 Å². The van der Waals surface area contributed by atoms with Crippen molar-refractivity contribution in [3.63, 3.8) is 0 Å². The second kappa shape index (κ2) is 8.31. The smallest absolute Gasteiger partial charge is 0.271 e. The third-order valence-electron chi connectivity index (χ3n) is 5.52. The van der Waals surface area contributed by atoms with Gasteiger partial charge in [-0.3, -0.25) is 14.9 Å². The summed E-state index contributed by atoms with van der Waals surface area (Å²) in [4.78, 5) is 23.3. The van der Waals surface area contributed by atoms with Crippen LogP contribution in [0.3, 0.4) is 0 Å². The second-order valence-electron chi connectivity index (χ2n) is 7.32. The minimum absolute atomic E-state index is 0.120. The highest BCUT2D eigenvalue weighted by Crippen LogP contribution is 2.58. The zero-order chi connectivity index (χ0) is 22.0. The zero-order valence-electron chi connectivity index (χ0n) is 16.2. The Morgan fingerprint density at radius 3 is 2.26 bits per heavy atom. The normalized spacial score (nSPS) is 16.7. The standard InChI is InChI=1S/C23H18BrN3O4/c24-20-12-18(27(30)31)11-15(21(20)28)14-25-26-22(29)19-13-23(19,16-7-3-1-4-8-16)17-9-5-2-6-10-17/h1-12,14,19,28H,13H2,(H,26,29)/t19-/m0/s1. The van der Waals surface area contributed by atoms with Gasteiger partial charge in [0.05, 0.1) is 21.5 Å². The Labute approximate surface area is 186 Å². The Balaban J connectivity index is 1.55. The average molecular weight is 480 g/mol. The summed E-state index contributed by atoms with van der Waals surface area (Å²) in [6.45, 7) is 0. The summed E-state index contributed by atoms with van der Waals surface area (Å²) in [6, 6.07) is 22.1. The number of nitro benzene ring substituents is 1. The van der Waals surface area contributed by atoms with E-state index in [1.165, 1.54) is 18.3 Å². The van der Waals surface area contributed by atoms with Crippen molar-refractivity contribution in [1.29, 1.82) is 0 Å².